The largest absolute Gasteiger partial charge is 0.316 e. The Morgan fingerprint density at radius 1 is 1.29 bits per heavy atom. The molecule has 0 bridgehead atoms. The Morgan fingerprint density at radius 3 is 3.00 bits per heavy atom. The van der Waals surface area contributed by atoms with Gasteiger partial charge in [0.1, 0.15) is 0 Å². The van der Waals surface area contributed by atoms with Crippen LogP contribution in [0.15, 0.2) is 30.3 Å². The zero-order valence-electron chi connectivity index (χ0n) is 10.2. The van der Waals surface area contributed by atoms with Gasteiger partial charge in [0.2, 0.25) is 0 Å². The number of fused-ring (bicyclic) bond motifs is 1. The van der Waals surface area contributed by atoms with E-state index in [4.69, 9.17) is 0 Å². The van der Waals surface area contributed by atoms with Gasteiger partial charge in [0.15, 0.2) is 0 Å². The number of rotatable bonds is 1. The van der Waals surface area contributed by atoms with Gasteiger partial charge in [0, 0.05) is 17.6 Å². The second-order valence-electron chi connectivity index (χ2n) is 4.91. The van der Waals surface area contributed by atoms with Crippen LogP contribution in [0, 0.1) is 6.92 Å². The summed E-state index contributed by atoms with van der Waals surface area (Å²) in [5.74, 6) is 0.648. The van der Waals surface area contributed by atoms with Crippen molar-refractivity contribution in [2.24, 2.45) is 0 Å². The topological polar surface area (TPSA) is 24.9 Å². The summed E-state index contributed by atoms with van der Waals surface area (Å²) < 4.78 is 0. The zero-order chi connectivity index (χ0) is 11.7. The van der Waals surface area contributed by atoms with Crippen LogP contribution in [0.25, 0.3) is 10.9 Å². The van der Waals surface area contributed by atoms with Gasteiger partial charge in [-0.2, -0.15) is 0 Å². The van der Waals surface area contributed by atoms with Gasteiger partial charge in [0.05, 0.1) is 5.52 Å². The summed E-state index contributed by atoms with van der Waals surface area (Å²) in [5, 5.41) is 4.82. The van der Waals surface area contributed by atoms with Gasteiger partial charge in [0.25, 0.3) is 0 Å². The van der Waals surface area contributed by atoms with Crippen LogP contribution in [-0.4, -0.2) is 18.1 Å². The Bertz CT molecular complexity index is 527. The fourth-order valence-electron chi connectivity index (χ4n) is 2.80. The molecule has 88 valence electrons. The van der Waals surface area contributed by atoms with Gasteiger partial charge in [-0.1, -0.05) is 18.2 Å². The predicted octanol–water partition coefficient (Wildman–Crippen LogP) is 3.01. The van der Waals surface area contributed by atoms with E-state index >= 15 is 0 Å². The number of hydrogen-bond acceptors (Lipinski definition) is 2. The maximum atomic E-state index is 4.61. The molecule has 1 atom stereocenters. The van der Waals surface area contributed by atoms with Crippen LogP contribution in [0.2, 0.25) is 0 Å². The van der Waals surface area contributed by atoms with Crippen molar-refractivity contribution in [1.82, 2.24) is 10.3 Å². The summed E-state index contributed by atoms with van der Waals surface area (Å²) in [5.41, 5.74) is 3.73. The molecule has 0 radical (unpaired) electrons. The molecular weight excluding hydrogens is 208 g/mol. The number of aryl methyl sites for hydroxylation is 1. The van der Waals surface area contributed by atoms with Crippen molar-refractivity contribution in [2.45, 2.75) is 25.7 Å². The van der Waals surface area contributed by atoms with Crippen LogP contribution in [0.5, 0.6) is 0 Å². The predicted molar refractivity (Wildman–Crippen MR) is 71.3 cm³/mol. The van der Waals surface area contributed by atoms with Gasteiger partial charge >= 0.3 is 0 Å². The van der Waals surface area contributed by atoms with Crippen LogP contribution in [-0.2, 0) is 0 Å². The minimum atomic E-state index is 0.648. The number of piperidine rings is 1. The van der Waals surface area contributed by atoms with E-state index in [-0.39, 0.29) is 0 Å². The summed E-state index contributed by atoms with van der Waals surface area (Å²) in [4.78, 5) is 4.61. The highest BCUT2D eigenvalue weighted by Gasteiger charge is 2.17. The molecule has 1 saturated heterocycles. The van der Waals surface area contributed by atoms with E-state index in [1.165, 1.54) is 30.3 Å². The Hall–Kier alpha value is -1.41. The lowest BCUT2D eigenvalue weighted by Crippen LogP contribution is -2.28. The first-order valence-corrected chi connectivity index (χ1v) is 6.41. The van der Waals surface area contributed by atoms with Gasteiger partial charge in [-0.25, -0.2) is 0 Å². The number of nitrogens with one attached hydrogen (secondary N) is 1. The van der Waals surface area contributed by atoms with Gasteiger partial charge < -0.3 is 5.32 Å². The first kappa shape index (κ1) is 10.7. The molecule has 2 nitrogen and oxygen atoms in total. The molecule has 1 aromatic carbocycles. The molecule has 1 fully saturated rings. The molecule has 0 saturated carbocycles. The molecule has 0 aliphatic carbocycles. The smallest absolute Gasteiger partial charge is 0.0708 e. The second kappa shape index (κ2) is 4.46. The van der Waals surface area contributed by atoms with E-state index in [9.17, 15) is 0 Å². The first-order valence-electron chi connectivity index (χ1n) is 6.41. The summed E-state index contributed by atoms with van der Waals surface area (Å²) in [6.45, 7) is 4.36. The van der Waals surface area contributed by atoms with Crippen molar-refractivity contribution in [3.05, 3.63) is 41.6 Å². The summed E-state index contributed by atoms with van der Waals surface area (Å²) in [6, 6.07) is 10.8. The van der Waals surface area contributed by atoms with E-state index in [1.54, 1.807) is 0 Å². The summed E-state index contributed by atoms with van der Waals surface area (Å²) >= 11 is 0. The van der Waals surface area contributed by atoms with E-state index in [0.717, 1.165) is 17.8 Å². The lowest BCUT2D eigenvalue weighted by atomic mass is 9.89. The molecule has 0 amide bonds. The summed E-state index contributed by atoms with van der Waals surface area (Å²) in [7, 11) is 0. The third-order valence-corrected chi connectivity index (χ3v) is 3.61. The van der Waals surface area contributed by atoms with E-state index < -0.39 is 0 Å². The maximum absolute atomic E-state index is 4.61. The third kappa shape index (κ3) is 2.05. The highest BCUT2D eigenvalue weighted by molar-refractivity contribution is 5.82. The molecule has 1 unspecified atom stereocenters. The van der Waals surface area contributed by atoms with Crippen LogP contribution < -0.4 is 5.32 Å². The third-order valence-electron chi connectivity index (χ3n) is 3.61. The van der Waals surface area contributed by atoms with E-state index in [2.05, 4.69) is 47.6 Å². The fraction of sp³-hybridized carbons (Fsp3) is 0.400. The number of hydrogen-bond donors (Lipinski definition) is 1. The van der Waals surface area contributed by atoms with Crippen molar-refractivity contribution in [1.29, 1.82) is 0 Å². The second-order valence-corrected chi connectivity index (χ2v) is 4.91. The summed E-state index contributed by atoms with van der Waals surface area (Å²) in [6.07, 6.45) is 2.57. The van der Waals surface area contributed by atoms with Crippen molar-refractivity contribution in [3.8, 4) is 0 Å². The van der Waals surface area contributed by atoms with Crippen molar-refractivity contribution in [3.63, 3.8) is 0 Å². The lowest BCUT2D eigenvalue weighted by Gasteiger charge is -2.24. The highest BCUT2D eigenvalue weighted by atomic mass is 14.9. The molecule has 1 aliphatic rings. The Morgan fingerprint density at radius 2 is 2.18 bits per heavy atom. The molecule has 2 aromatic rings. The maximum Gasteiger partial charge on any atom is 0.0708 e. The highest BCUT2D eigenvalue weighted by Crippen LogP contribution is 2.29. The minimum Gasteiger partial charge on any atom is -0.316 e. The lowest BCUT2D eigenvalue weighted by molar-refractivity contribution is 0.463. The molecule has 17 heavy (non-hydrogen) atoms. The molecule has 1 N–H and O–H groups in total. The molecule has 2 heterocycles. The number of pyridine rings is 1. The van der Waals surface area contributed by atoms with Crippen LogP contribution in [0.1, 0.15) is 30.0 Å². The minimum absolute atomic E-state index is 0.648. The number of aromatic nitrogens is 1. The molecule has 1 aromatic heterocycles. The van der Waals surface area contributed by atoms with Crippen LogP contribution in [0.4, 0.5) is 0 Å². The average molecular weight is 226 g/mol. The van der Waals surface area contributed by atoms with Crippen molar-refractivity contribution < 1.29 is 0 Å². The Kier molecular flexibility index (Phi) is 2.81. The first-order chi connectivity index (χ1) is 8.34. The molecule has 1 aliphatic heterocycles. The molecule has 3 rings (SSSR count). The quantitative estimate of drug-likeness (QED) is 0.808. The number of benzene rings is 1. The number of para-hydroxylation sites is 1. The standard InChI is InChI=1S/C15H18N2/c1-11-9-14(12-5-4-8-16-10-12)13-6-2-3-7-15(13)17-11/h2-3,6-7,9,12,16H,4-5,8,10H2,1H3. The normalized spacial score (nSPS) is 20.6. The SMILES string of the molecule is Cc1cc(C2CCCNC2)c2ccccc2n1. The Balaban J connectivity index is 2.13. The van der Waals surface area contributed by atoms with Gasteiger partial charge in [-0.15, -0.1) is 0 Å². The van der Waals surface area contributed by atoms with Crippen molar-refractivity contribution >= 4 is 10.9 Å². The van der Waals surface area contributed by atoms with Gasteiger partial charge in [-0.3, -0.25) is 4.98 Å². The van der Waals surface area contributed by atoms with E-state index in [0.29, 0.717) is 5.92 Å². The zero-order valence-corrected chi connectivity index (χ0v) is 10.2. The fourth-order valence-corrected chi connectivity index (χ4v) is 2.80. The molecule has 2 heteroatoms. The van der Waals surface area contributed by atoms with E-state index in [1.807, 2.05) is 0 Å². The average Bonchev–Trinajstić information content (AvgIpc) is 2.39. The number of nitrogens with zero attached hydrogens (tertiary/aromatic N) is 1. The van der Waals surface area contributed by atoms with Crippen molar-refractivity contribution in [2.75, 3.05) is 13.1 Å². The molecule has 0 spiro atoms. The van der Waals surface area contributed by atoms with Gasteiger partial charge in [-0.05, 0) is 49.9 Å². The molecular formula is C15H18N2. The van der Waals surface area contributed by atoms with Crippen LogP contribution >= 0.6 is 0 Å². The monoisotopic (exact) mass is 226 g/mol. The van der Waals surface area contributed by atoms with Crippen LogP contribution in [0.3, 0.4) is 0 Å². The Labute approximate surface area is 102 Å².